The van der Waals surface area contributed by atoms with Crippen molar-refractivity contribution < 1.29 is 4.42 Å². The van der Waals surface area contributed by atoms with Crippen molar-refractivity contribution in [2.24, 2.45) is 0 Å². The van der Waals surface area contributed by atoms with Gasteiger partial charge in [0, 0.05) is 33.6 Å². The average Bonchev–Trinajstić information content (AvgIpc) is 3.68. The van der Waals surface area contributed by atoms with E-state index < -0.39 is 0 Å². The molecule has 0 spiro atoms. The van der Waals surface area contributed by atoms with Gasteiger partial charge in [-0.1, -0.05) is 170 Å². The van der Waals surface area contributed by atoms with Gasteiger partial charge < -0.3 is 9.32 Å². The molecule has 1 unspecified atom stereocenters. The number of fused-ring (bicyclic) bond motifs is 7. The molecular formula is C54H37NO. The van der Waals surface area contributed by atoms with Crippen LogP contribution in [0.3, 0.4) is 0 Å². The number of nitrogens with zero attached hydrogens (tertiary/aromatic N) is 1. The molecule has 1 heterocycles. The predicted octanol–water partition coefficient (Wildman–Crippen LogP) is 15.1. The van der Waals surface area contributed by atoms with Crippen molar-refractivity contribution in [3.05, 3.63) is 218 Å². The number of allylic oxidation sites excluding steroid dienone is 3. The Morgan fingerprint density at radius 3 is 1.89 bits per heavy atom. The van der Waals surface area contributed by atoms with Gasteiger partial charge in [0.15, 0.2) is 5.58 Å². The zero-order chi connectivity index (χ0) is 37.0. The molecule has 1 atom stereocenters. The molecule has 0 amide bonds. The summed E-state index contributed by atoms with van der Waals surface area (Å²) in [6.07, 6.45) is 7.96. The number of hydrogen-bond acceptors (Lipinski definition) is 2. The number of benzene rings is 9. The molecule has 1 aliphatic carbocycles. The van der Waals surface area contributed by atoms with Crippen LogP contribution >= 0.6 is 0 Å². The van der Waals surface area contributed by atoms with Crippen LogP contribution in [-0.4, -0.2) is 0 Å². The van der Waals surface area contributed by atoms with Crippen molar-refractivity contribution in [3.63, 3.8) is 0 Å². The van der Waals surface area contributed by atoms with E-state index in [-0.39, 0.29) is 0 Å². The third-order valence-electron chi connectivity index (χ3n) is 11.5. The van der Waals surface area contributed by atoms with Crippen LogP contribution in [0, 0.1) is 0 Å². The Kier molecular flexibility index (Phi) is 7.67. The van der Waals surface area contributed by atoms with Crippen LogP contribution in [0.15, 0.2) is 216 Å². The van der Waals surface area contributed by atoms with Crippen molar-refractivity contribution in [2.75, 3.05) is 4.90 Å². The highest BCUT2D eigenvalue weighted by Gasteiger charge is 2.24. The minimum absolute atomic E-state index is 0.294. The number of para-hydroxylation sites is 1. The Morgan fingerprint density at radius 1 is 0.464 bits per heavy atom. The van der Waals surface area contributed by atoms with E-state index in [1.165, 1.54) is 49.0 Å². The minimum atomic E-state index is 0.294. The standard InChI is InChI=1S/C54H37NO/c1-2-13-40(14-3-1)50-35-45-17-8-9-18-48(45)52-49-19-10-20-51(53(49)56-54(50)52)55(46-29-25-38(26-30-46)43-23-21-36-11-4-6-15-41(36)33-43)47-31-27-39(28-32-47)44-24-22-37-12-5-7-16-42(37)34-44/h1-27,29-35,39H,28H2. The third kappa shape index (κ3) is 5.49. The quantitative estimate of drug-likeness (QED) is 0.170. The number of anilines is 2. The van der Waals surface area contributed by atoms with Crippen molar-refractivity contribution >= 4 is 65.6 Å². The Bertz CT molecular complexity index is 3170. The molecule has 2 nitrogen and oxygen atoms in total. The highest BCUT2D eigenvalue weighted by molar-refractivity contribution is 6.24. The van der Waals surface area contributed by atoms with Crippen LogP contribution in [0.25, 0.3) is 76.5 Å². The molecule has 9 aromatic carbocycles. The fourth-order valence-corrected chi connectivity index (χ4v) is 8.70. The second kappa shape index (κ2) is 13.3. The van der Waals surface area contributed by atoms with Gasteiger partial charge in [-0.05, 0) is 97.4 Å². The molecule has 0 N–H and O–H groups in total. The van der Waals surface area contributed by atoms with E-state index >= 15 is 0 Å². The van der Waals surface area contributed by atoms with E-state index in [4.69, 9.17) is 4.42 Å². The first-order chi connectivity index (χ1) is 27.7. The number of hydrogen-bond donors (Lipinski definition) is 0. The number of furan rings is 1. The lowest BCUT2D eigenvalue weighted by atomic mass is 9.90. The lowest BCUT2D eigenvalue weighted by molar-refractivity contribution is 0.670. The summed E-state index contributed by atoms with van der Waals surface area (Å²) in [4.78, 5) is 2.38. The summed E-state index contributed by atoms with van der Waals surface area (Å²) < 4.78 is 7.14. The highest BCUT2D eigenvalue weighted by Crippen LogP contribution is 2.46. The summed E-state index contributed by atoms with van der Waals surface area (Å²) in [5.41, 5.74) is 11.0. The molecule has 1 aliphatic rings. The smallest absolute Gasteiger partial charge is 0.159 e. The third-order valence-corrected chi connectivity index (χ3v) is 11.5. The SMILES string of the molecule is C1=CC(c2ccc3ccccc3c2)CC=C1N(c1ccc(-c2ccc3ccccc3c2)cc1)c1cccc2c1oc1c(-c3ccccc3)cc3ccccc3c12. The van der Waals surface area contributed by atoms with E-state index in [9.17, 15) is 0 Å². The summed E-state index contributed by atoms with van der Waals surface area (Å²) in [6.45, 7) is 0. The maximum Gasteiger partial charge on any atom is 0.159 e. The van der Waals surface area contributed by atoms with Crippen LogP contribution in [-0.2, 0) is 0 Å². The van der Waals surface area contributed by atoms with Gasteiger partial charge in [0.05, 0.1) is 5.69 Å². The van der Waals surface area contributed by atoms with Gasteiger partial charge in [0.25, 0.3) is 0 Å². The Hall–Kier alpha value is -7.16. The van der Waals surface area contributed by atoms with Gasteiger partial charge in [-0.15, -0.1) is 0 Å². The van der Waals surface area contributed by atoms with Crippen LogP contribution in [0.4, 0.5) is 11.4 Å². The first kappa shape index (κ1) is 32.3. The van der Waals surface area contributed by atoms with Crippen molar-refractivity contribution in [3.8, 4) is 22.3 Å². The molecule has 0 radical (unpaired) electrons. The van der Waals surface area contributed by atoms with E-state index in [0.717, 1.165) is 56.6 Å². The maximum absolute atomic E-state index is 7.14. The van der Waals surface area contributed by atoms with Crippen molar-refractivity contribution in [1.82, 2.24) is 0 Å². The van der Waals surface area contributed by atoms with E-state index in [1.54, 1.807) is 0 Å². The molecule has 10 aromatic rings. The lowest BCUT2D eigenvalue weighted by Crippen LogP contribution is -2.17. The average molecular weight is 716 g/mol. The molecule has 0 bridgehead atoms. The molecule has 2 heteroatoms. The first-order valence-electron chi connectivity index (χ1n) is 19.4. The Balaban J connectivity index is 1.07. The lowest BCUT2D eigenvalue weighted by Gasteiger charge is -2.29. The van der Waals surface area contributed by atoms with Crippen LogP contribution in [0.2, 0.25) is 0 Å². The molecule has 0 aliphatic heterocycles. The second-order valence-corrected chi connectivity index (χ2v) is 14.9. The van der Waals surface area contributed by atoms with Crippen molar-refractivity contribution in [1.29, 1.82) is 0 Å². The van der Waals surface area contributed by atoms with Gasteiger partial charge in [0.1, 0.15) is 5.58 Å². The number of rotatable bonds is 6. The maximum atomic E-state index is 7.14. The summed E-state index contributed by atoms with van der Waals surface area (Å²) in [7, 11) is 0. The fourth-order valence-electron chi connectivity index (χ4n) is 8.70. The molecule has 0 fully saturated rings. The molecule has 0 saturated carbocycles. The van der Waals surface area contributed by atoms with Gasteiger partial charge in [-0.3, -0.25) is 0 Å². The van der Waals surface area contributed by atoms with Crippen LogP contribution < -0.4 is 4.90 Å². The topological polar surface area (TPSA) is 16.4 Å². The Morgan fingerprint density at radius 2 is 1.12 bits per heavy atom. The molecule has 56 heavy (non-hydrogen) atoms. The molecule has 11 rings (SSSR count). The summed E-state index contributed by atoms with van der Waals surface area (Å²) in [6, 6.07) is 67.9. The summed E-state index contributed by atoms with van der Waals surface area (Å²) in [5, 5.41) is 9.69. The van der Waals surface area contributed by atoms with Gasteiger partial charge in [-0.25, -0.2) is 0 Å². The fraction of sp³-hybridized carbons (Fsp3) is 0.0370. The minimum Gasteiger partial charge on any atom is -0.453 e. The second-order valence-electron chi connectivity index (χ2n) is 14.9. The normalized spacial score (nSPS) is 14.2. The molecule has 264 valence electrons. The first-order valence-corrected chi connectivity index (χ1v) is 19.4. The molecule has 0 saturated heterocycles. The van der Waals surface area contributed by atoms with E-state index in [0.29, 0.717) is 5.92 Å². The summed E-state index contributed by atoms with van der Waals surface area (Å²) >= 11 is 0. The predicted molar refractivity (Wildman–Crippen MR) is 237 cm³/mol. The van der Waals surface area contributed by atoms with Gasteiger partial charge >= 0.3 is 0 Å². The van der Waals surface area contributed by atoms with Gasteiger partial charge in [-0.2, -0.15) is 0 Å². The van der Waals surface area contributed by atoms with Crippen molar-refractivity contribution in [2.45, 2.75) is 12.3 Å². The molecular weight excluding hydrogens is 679 g/mol. The van der Waals surface area contributed by atoms with Crippen LogP contribution in [0.5, 0.6) is 0 Å². The zero-order valence-electron chi connectivity index (χ0n) is 30.8. The van der Waals surface area contributed by atoms with Gasteiger partial charge in [0.2, 0.25) is 0 Å². The van der Waals surface area contributed by atoms with Crippen LogP contribution in [0.1, 0.15) is 17.9 Å². The largest absolute Gasteiger partial charge is 0.453 e. The Labute approximate surface area is 325 Å². The molecule has 1 aromatic heterocycles. The zero-order valence-corrected chi connectivity index (χ0v) is 30.8. The highest BCUT2D eigenvalue weighted by atomic mass is 16.3. The van der Waals surface area contributed by atoms with E-state index in [1.807, 2.05) is 0 Å². The monoisotopic (exact) mass is 715 g/mol. The summed E-state index contributed by atoms with van der Waals surface area (Å²) in [5.74, 6) is 0.294. The van der Waals surface area contributed by atoms with E-state index in [2.05, 4.69) is 211 Å².